The van der Waals surface area contributed by atoms with E-state index in [0.29, 0.717) is 32.0 Å². The van der Waals surface area contributed by atoms with Crippen molar-refractivity contribution in [1.82, 2.24) is 19.8 Å². The molecule has 142 valence electrons. The fourth-order valence-electron chi connectivity index (χ4n) is 3.55. The van der Waals surface area contributed by atoms with E-state index in [9.17, 15) is 9.59 Å². The smallest absolute Gasteiger partial charge is 0.227 e. The molecule has 0 unspecified atom stereocenters. The van der Waals surface area contributed by atoms with E-state index in [0.717, 1.165) is 36.5 Å². The Morgan fingerprint density at radius 1 is 1.35 bits per heavy atom. The molecule has 2 amide bonds. The average Bonchev–Trinajstić information content (AvgIpc) is 2.93. The normalized spacial score (nSPS) is 19.5. The highest BCUT2D eigenvalue weighted by Crippen LogP contribution is 2.27. The van der Waals surface area contributed by atoms with Crippen LogP contribution in [-0.4, -0.2) is 71.4 Å². The summed E-state index contributed by atoms with van der Waals surface area (Å²) in [6.07, 6.45) is 2.19. The van der Waals surface area contributed by atoms with Crippen LogP contribution in [0.2, 0.25) is 0 Å². The molecule has 8 heteroatoms. The number of fused-ring (bicyclic) bond motifs is 1. The van der Waals surface area contributed by atoms with Gasteiger partial charge in [0, 0.05) is 52.6 Å². The number of anilines is 2. The number of nitrogens with zero attached hydrogens (tertiary/aromatic N) is 5. The Morgan fingerprint density at radius 2 is 2.12 bits per heavy atom. The number of aromatic nitrogens is 2. The molecular formula is C18H28N6O2. The molecule has 1 fully saturated rings. The van der Waals surface area contributed by atoms with E-state index < -0.39 is 0 Å². The van der Waals surface area contributed by atoms with Crippen molar-refractivity contribution in [2.45, 2.75) is 45.7 Å². The van der Waals surface area contributed by atoms with E-state index in [2.05, 4.69) is 22.2 Å². The molecule has 0 bridgehead atoms. The molecule has 1 N–H and O–H groups in total. The molecule has 2 aliphatic heterocycles. The van der Waals surface area contributed by atoms with Crippen molar-refractivity contribution in [1.29, 1.82) is 0 Å². The fourth-order valence-corrected chi connectivity index (χ4v) is 3.55. The number of carbonyl (C=O) groups is 2. The molecule has 3 rings (SSSR count). The van der Waals surface area contributed by atoms with Crippen LogP contribution >= 0.6 is 0 Å². The van der Waals surface area contributed by atoms with E-state index in [-0.39, 0.29) is 17.9 Å². The number of rotatable bonds is 5. The van der Waals surface area contributed by atoms with Crippen LogP contribution in [-0.2, 0) is 22.6 Å². The summed E-state index contributed by atoms with van der Waals surface area (Å²) >= 11 is 0. The highest BCUT2D eigenvalue weighted by atomic mass is 16.2. The van der Waals surface area contributed by atoms with Crippen LogP contribution in [0.1, 0.15) is 37.9 Å². The van der Waals surface area contributed by atoms with Crippen LogP contribution in [0.25, 0.3) is 0 Å². The minimum absolute atomic E-state index is 0.0618. The first-order valence-electron chi connectivity index (χ1n) is 9.26. The summed E-state index contributed by atoms with van der Waals surface area (Å²) < 4.78 is 0. The van der Waals surface area contributed by atoms with Crippen molar-refractivity contribution >= 4 is 23.6 Å². The van der Waals surface area contributed by atoms with Crippen LogP contribution in [0.15, 0.2) is 0 Å². The van der Waals surface area contributed by atoms with Crippen LogP contribution < -0.4 is 10.2 Å². The Balaban J connectivity index is 1.85. The van der Waals surface area contributed by atoms with E-state index >= 15 is 0 Å². The van der Waals surface area contributed by atoms with E-state index in [1.807, 2.05) is 23.9 Å². The summed E-state index contributed by atoms with van der Waals surface area (Å²) in [5.74, 6) is 1.68. The zero-order valence-corrected chi connectivity index (χ0v) is 16.1. The molecule has 1 aromatic heterocycles. The maximum atomic E-state index is 12.1. The second-order valence-corrected chi connectivity index (χ2v) is 7.27. The molecule has 0 spiro atoms. The number of likely N-dealkylation sites (tertiary alicyclic amines) is 1. The molecule has 0 radical (unpaired) electrons. The van der Waals surface area contributed by atoms with Crippen molar-refractivity contribution < 1.29 is 9.59 Å². The lowest BCUT2D eigenvalue weighted by molar-refractivity contribution is -0.130. The van der Waals surface area contributed by atoms with Gasteiger partial charge in [-0.1, -0.05) is 6.92 Å². The summed E-state index contributed by atoms with van der Waals surface area (Å²) in [6, 6.07) is 0.0638. The lowest BCUT2D eigenvalue weighted by Gasteiger charge is -2.30. The zero-order valence-electron chi connectivity index (χ0n) is 16.1. The number of hydrogen-bond acceptors (Lipinski definition) is 6. The Hall–Kier alpha value is -2.38. The zero-order chi connectivity index (χ0) is 18.8. The van der Waals surface area contributed by atoms with Crippen LogP contribution in [0, 0.1) is 0 Å². The molecule has 8 nitrogen and oxygen atoms in total. The number of amides is 2. The van der Waals surface area contributed by atoms with Gasteiger partial charge in [-0.3, -0.25) is 9.59 Å². The Morgan fingerprint density at radius 3 is 2.77 bits per heavy atom. The number of nitrogens with one attached hydrogen (secondary N) is 1. The number of carbonyl (C=O) groups excluding carboxylic acids is 2. The lowest BCUT2D eigenvalue weighted by Crippen LogP contribution is -2.36. The molecular weight excluding hydrogens is 332 g/mol. The third-order valence-electron chi connectivity index (χ3n) is 4.95. The second-order valence-electron chi connectivity index (χ2n) is 7.27. The van der Waals surface area contributed by atoms with Gasteiger partial charge in [0.15, 0.2) is 0 Å². The van der Waals surface area contributed by atoms with E-state index in [1.165, 1.54) is 0 Å². The van der Waals surface area contributed by atoms with Gasteiger partial charge in [0.25, 0.3) is 0 Å². The van der Waals surface area contributed by atoms with Gasteiger partial charge < -0.3 is 20.0 Å². The predicted octanol–water partition coefficient (Wildman–Crippen LogP) is 0.870. The molecule has 1 saturated heterocycles. The fraction of sp³-hybridized carbons (Fsp3) is 0.667. The molecule has 0 aromatic carbocycles. The Bertz CT molecular complexity index is 705. The van der Waals surface area contributed by atoms with Crippen molar-refractivity contribution in [3.63, 3.8) is 0 Å². The molecule has 26 heavy (non-hydrogen) atoms. The summed E-state index contributed by atoms with van der Waals surface area (Å²) in [6.45, 7) is 6.36. The van der Waals surface area contributed by atoms with Crippen molar-refractivity contribution in [3.05, 3.63) is 11.3 Å². The first-order chi connectivity index (χ1) is 12.4. The largest absolute Gasteiger partial charge is 0.365 e. The molecule has 2 aliphatic rings. The van der Waals surface area contributed by atoms with Crippen molar-refractivity contribution in [3.8, 4) is 0 Å². The van der Waals surface area contributed by atoms with E-state index in [4.69, 9.17) is 0 Å². The first-order valence-corrected chi connectivity index (χ1v) is 9.26. The second kappa shape index (κ2) is 7.47. The Kier molecular flexibility index (Phi) is 5.29. The quantitative estimate of drug-likeness (QED) is 0.839. The summed E-state index contributed by atoms with van der Waals surface area (Å²) in [5.41, 5.74) is 1.96. The van der Waals surface area contributed by atoms with Crippen molar-refractivity contribution in [2.75, 3.05) is 43.9 Å². The van der Waals surface area contributed by atoms with Gasteiger partial charge in [0.2, 0.25) is 17.8 Å². The van der Waals surface area contributed by atoms with Gasteiger partial charge in [-0.15, -0.1) is 0 Å². The third kappa shape index (κ3) is 3.73. The topological polar surface area (TPSA) is 81.7 Å². The third-order valence-corrected chi connectivity index (χ3v) is 4.95. The van der Waals surface area contributed by atoms with Gasteiger partial charge in [0.1, 0.15) is 5.82 Å². The predicted molar refractivity (Wildman–Crippen MR) is 100 cm³/mol. The standard InChI is InChI=1S/C18H28N6O2/c1-5-7-24-10-13(9-16(24)26)19-17-14-6-8-23(12(2)25)11-15(14)20-18(21-17)22(3)4/h13H,5-11H2,1-4H3,(H,19,20,21)/t13-/m0/s1. The van der Waals surface area contributed by atoms with E-state index in [1.54, 1.807) is 11.8 Å². The van der Waals surface area contributed by atoms with Crippen LogP contribution in [0.5, 0.6) is 0 Å². The summed E-state index contributed by atoms with van der Waals surface area (Å²) in [5, 5.41) is 3.48. The summed E-state index contributed by atoms with van der Waals surface area (Å²) in [7, 11) is 3.80. The van der Waals surface area contributed by atoms with Crippen LogP contribution in [0.4, 0.5) is 11.8 Å². The molecule has 1 atom stereocenters. The summed E-state index contributed by atoms with van der Waals surface area (Å²) in [4.78, 5) is 38.8. The molecule has 0 aliphatic carbocycles. The van der Waals surface area contributed by atoms with Gasteiger partial charge >= 0.3 is 0 Å². The van der Waals surface area contributed by atoms with Crippen molar-refractivity contribution in [2.24, 2.45) is 0 Å². The maximum absolute atomic E-state index is 12.1. The molecule has 3 heterocycles. The highest BCUT2D eigenvalue weighted by Gasteiger charge is 2.31. The van der Waals surface area contributed by atoms with Gasteiger partial charge in [-0.25, -0.2) is 4.98 Å². The SMILES string of the molecule is CCCN1C[C@@H](Nc2nc(N(C)C)nc3c2CCN(C(C)=O)C3)CC1=O. The number of hydrogen-bond donors (Lipinski definition) is 1. The lowest BCUT2D eigenvalue weighted by atomic mass is 10.0. The highest BCUT2D eigenvalue weighted by molar-refractivity contribution is 5.80. The monoisotopic (exact) mass is 360 g/mol. The average molecular weight is 360 g/mol. The molecule has 1 aromatic rings. The van der Waals surface area contributed by atoms with Crippen LogP contribution in [0.3, 0.4) is 0 Å². The minimum Gasteiger partial charge on any atom is -0.365 e. The molecule has 0 saturated carbocycles. The van der Waals surface area contributed by atoms with Gasteiger partial charge in [-0.05, 0) is 12.8 Å². The van der Waals surface area contributed by atoms with Gasteiger partial charge in [0.05, 0.1) is 18.3 Å². The first kappa shape index (κ1) is 18.4. The maximum Gasteiger partial charge on any atom is 0.227 e. The minimum atomic E-state index is 0.0618. The van der Waals surface area contributed by atoms with Gasteiger partial charge in [-0.2, -0.15) is 4.98 Å². The Labute approximate surface area is 154 Å².